The van der Waals surface area contributed by atoms with E-state index in [-0.39, 0.29) is 17.9 Å². The van der Waals surface area contributed by atoms with Gasteiger partial charge in [0.25, 0.3) is 5.91 Å². The number of benzene rings is 2. The number of sulfonamides is 1. The van der Waals surface area contributed by atoms with Gasteiger partial charge in [-0.3, -0.25) is 9.59 Å². The fraction of sp³-hybridized carbons (Fsp3) is 0.238. The van der Waals surface area contributed by atoms with Crippen LogP contribution in [0.25, 0.3) is 0 Å². The summed E-state index contributed by atoms with van der Waals surface area (Å²) in [6.45, 7) is 5.81. The van der Waals surface area contributed by atoms with E-state index in [0.717, 1.165) is 9.21 Å². The van der Waals surface area contributed by atoms with Crippen molar-refractivity contribution in [3.8, 4) is 5.75 Å². The molecule has 158 valence electrons. The summed E-state index contributed by atoms with van der Waals surface area (Å²) >= 11 is 5.85. The molecule has 1 heterocycles. The van der Waals surface area contributed by atoms with E-state index in [0.29, 0.717) is 23.1 Å². The predicted octanol–water partition coefficient (Wildman–Crippen LogP) is 3.25. The minimum Gasteiger partial charge on any atom is -0.494 e. The number of rotatable bonds is 8. The Hall–Kier alpha value is -2.68. The lowest BCUT2D eigenvalue weighted by Gasteiger charge is -2.25. The molecule has 0 radical (unpaired) electrons. The van der Waals surface area contributed by atoms with Crippen LogP contribution in [0.3, 0.4) is 0 Å². The van der Waals surface area contributed by atoms with Crippen LogP contribution in [-0.2, 0) is 19.6 Å². The molecule has 30 heavy (non-hydrogen) atoms. The van der Waals surface area contributed by atoms with Gasteiger partial charge in [0.05, 0.1) is 23.6 Å². The van der Waals surface area contributed by atoms with Crippen molar-refractivity contribution < 1.29 is 22.7 Å². The lowest BCUT2D eigenvalue weighted by molar-refractivity contribution is -0.122. The molecule has 0 aromatic heterocycles. The number of hydrogen-bond donors (Lipinski definition) is 0. The van der Waals surface area contributed by atoms with Crippen molar-refractivity contribution in [3.63, 3.8) is 0 Å². The second-order valence-corrected chi connectivity index (χ2v) is 8.86. The topological polar surface area (TPSA) is 84.0 Å². The molecule has 0 aliphatic carbocycles. The first-order chi connectivity index (χ1) is 14.3. The van der Waals surface area contributed by atoms with E-state index in [1.807, 2.05) is 6.92 Å². The highest BCUT2D eigenvalue weighted by atomic mass is 35.5. The fourth-order valence-corrected chi connectivity index (χ4v) is 4.91. The lowest BCUT2D eigenvalue weighted by Crippen LogP contribution is -2.45. The van der Waals surface area contributed by atoms with Gasteiger partial charge in [-0.2, -0.15) is 4.31 Å². The smallest absolute Gasteiger partial charge is 0.252 e. The number of hydrogen-bond acceptors (Lipinski definition) is 5. The normalized spacial score (nSPS) is 16.9. The van der Waals surface area contributed by atoms with Crippen LogP contribution >= 0.6 is 11.6 Å². The third-order valence-electron chi connectivity index (χ3n) is 4.61. The zero-order valence-electron chi connectivity index (χ0n) is 16.3. The minimum atomic E-state index is -4.06. The molecule has 1 unspecified atom stereocenters. The number of halogens is 1. The Morgan fingerprint density at radius 2 is 1.80 bits per heavy atom. The van der Waals surface area contributed by atoms with E-state index in [2.05, 4.69) is 6.58 Å². The number of carbonyl (C=O) groups is 2. The Morgan fingerprint density at radius 3 is 2.37 bits per heavy atom. The number of nitrogens with zero attached hydrogens (tertiary/aromatic N) is 2. The van der Waals surface area contributed by atoms with Crippen molar-refractivity contribution in [2.24, 2.45) is 0 Å². The van der Waals surface area contributed by atoms with Crippen LogP contribution in [-0.4, -0.2) is 43.7 Å². The van der Waals surface area contributed by atoms with E-state index in [4.69, 9.17) is 16.3 Å². The van der Waals surface area contributed by atoms with Gasteiger partial charge in [0.2, 0.25) is 15.9 Å². The lowest BCUT2D eigenvalue weighted by atomic mass is 10.2. The molecule has 1 atom stereocenters. The molecule has 1 aliphatic rings. The van der Waals surface area contributed by atoms with Crippen LogP contribution in [0.4, 0.5) is 5.69 Å². The van der Waals surface area contributed by atoms with Crippen molar-refractivity contribution >= 4 is 39.1 Å². The summed E-state index contributed by atoms with van der Waals surface area (Å²) in [7, 11) is -4.06. The van der Waals surface area contributed by atoms with Gasteiger partial charge in [0.15, 0.2) is 0 Å². The summed E-state index contributed by atoms with van der Waals surface area (Å²) in [4.78, 5) is 26.7. The summed E-state index contributed by atoms with van der Waals surface area (Å²) in [5.41, 5.74) is 0.360. The summed E-state index contributed by atoms with van der Waals surface area (Å²) in [6.07, 6.45) is 1.12. The van der Waals surface area contributed by atoms with Gasteiger partial charge < -0.3 is 4.74 Å². The summed E-state index contributed by atoms with van der Waals surface area (Å²) in [5, 5.41) is 0.387. The van der Waals surface area contributed by atoms with Gasteiger partial charge in [-0.15, -0.1) is 6.58 Å². The minimum absolute atomic E-state index is 0.0199. The second-order valence-electron chi connectivity index (χ2n) is 6.53. The van der Waals surface area contributed by atoms with Gasteiger partial charge >= 0.3 is 0 Å². The predicted molar refractivity (Wildman–Crippen MR) is 114 cm³/mol. The fourth-order valence-electron chi connectivity index (χ4n) is 3.23. The standard InChI is InChI=1S/C21H21ClN2O5S/c1-3-13-23(30(27,28)18-11-5-15(22)6-12-18)19-14-20(25)24(21(19)26)16-7-9-17(10-8-16)29-4-2/h3,5-12,19H,1,4,13-14H2,2H3. The third-order valence-corrected chi connectivity index (χ3v) is 6.75. The zero-order chi connectivity index (χ0) is 21.9. The molecule has 9 heteroatoms. The van der Waals surface area contributed by atoms with Crippen molar-refractivity contribution in [1.29, 1.82) is 0 Å². The summed E-state index contributed by atoms with van der Waals surface area (Å²) < 4.78 is 32.7. The Bertz CT molecular complexity index is 1050. The average molecular weight is 449 g/mol. The Kier molecular flexibility index (Phi) is 6.60. The van der Waals surface area contributed by atoms with Crippen LogP contribution in [0.1, 0.15) is 13.3 Å². The van der Waals surface area contributed by atoms with E-state index in [1.165, 1.54) is 30.3 Å². The van der Waals surface area contributed by atoms with Gasteiger partial charge in [0, 0.05) is 11.6 Å². The van der Waals surface area contributed by atoms with Crippen molar-refractivity contribution in [3.05, 3.63) is 66.2 Å². The maximum atomic E-state index is 13.2. The Morgan fingerprint density at radius 1 is 1.17 bits per heavy atom. The van der Waals surface area contributed by atoms with E-state index in [9.17, 15) is 18.0 Å². The molecule has 2 amide bonds. The average Bonchev–Trinajstić information content (AvgIpc) is 3.01. The molecule has 0 saturated carbocycles. The molecule has 7 nitrogen and oxygen atoms in total. The molecule has 0 N–H and O–H groups in total. The first-order valence-corrected chi connectivity index (χ1v) is 11.1. The third kappa shape index (κ3) is 4.26. The van der Waals surface area contributed by atoms with E-state index >= 15 is 0 Å². The first kappa shape index (κ1) is 22.0. The molecular weight excluding hydrogens is 428 g/mol. The summed E-state index contributed by atoms with van der Waals surface area (Å²) in [5.74, 6) is -0.478. The molecule has 0 spiro atoms. The summed E-state index contributed by atoms with van der Waals surface area (Å²) in [6, 6.07) is 10.9. The van der Waals surface area contributed by atoms with Crippen molar-refractivity contribution in [1.82, 2.24) is 4.31 Å². The van der Waals surface area contributed by atoms with Gasteiger partial charge in [0.1, 0.15) is 11.8 Å². The van der Waals surface area contributed by atoms with Gasteiger partial charge in [-0.1, -0.05) is 17.7 Å². The molecule has 2 aromatic rings. The van der Waals surface area contributed by atoms with Crippen LogP contribution in [0.2, 0.25) is 5.02 Å². The molecule has 1 saturated heterocycles. The van der Waals surface area contributed by atoms with E-state index < -0.39 is 27.9 Å². The molecule has 3 rings (SSSR count). The number of carbonyl (C=O) groups excluding carboxylic acids is 2. The number of imide groups is 1. The van der Waals surface area contributed by atoms with Gasteiger partial charge in [-0.05, 0) is 55.5 Å². The first-order valence-electron chi connectivity index (χ1n) is 9.27. The Balaban J connectivity index is 1.92. The van der Waals surface area contributed by atoms with Crippen molar-refractivity contribution in [2.45, 2.75) is 24.3 Å². The largest absolute Gasteiger partial charge is 0.494 e. The van der Waals surface area contributed by atoms with E-state index in [1.54, 1.807) is 24.3 Å². The molecule has 0 bridgehead atoms. The quantitative estimate of drug-likeness (QED) is 0.457. The molecule has 1 fully saturated rings. The highest BCUT2D eigenvalue weighted by Crippen LogP contribution is 2.30. The Labute approximate surface area is 180 Å². The van der Waals surface area contributed by atoms with Crippen LogP contribution < -0.4 is 9.64 Å². The maximum absolute atomic E-state index is 13.2. The van der Waals surface area contributed by atoms with Crippen molar-refractivity contribution in [2.75, 3.05) is 18.1 Å². The highest BCUT2D eigenvalue weighted by molar-refractivity contribution is 7.89. The van der Waals surface area contributed by atoms with Crippen LogP contribution in [0.15, 0.2) is 66.1 Å². The highest BCUT2D eigenvalue weighted by Gasteiger charge is 2.46. The number of amides is 2. The maximum Gasteiger partial charge on any atom is 0.252 e. The molecular formula is C21H21ClN2O5S. The monoisotopic (exact) mass is 448 g/mol. The van der Waals surface area contributed by atoms with Gasteiger partial charge in [-0.25, -0.2) is 13.3 Å². The zero-order valence-corrected chi connectivity index (χ0v) is 17.9. The second kappa shape index (κ2) is 8.99. The molecule has 1 aliphatic heterocycles. The number of anilines is 1. The SMILES string of the molecule is C=CCN(C1CC(=O)N(c2ccc(OCC)cc2)C1=O)S(=O)(=O)c1ccc(Cl)cc1. The number of ether oxygens (including phenoxy) is 1. The molecule has 2 aromatic carbocycles. The van der Waals surface area contributed by atoms with Crippen LogP contribution in [0.5, 0.6) is 5.75 Å². The van der Waals surface area contributed by atoms with Crippen LogP contribution in [0, 0.1) is 0 Å².